The van der Waals surface area contributed by atoms with E-state index >= 15 is 0 Å². The first-order chi connectivity index (χ1) is 19.0. The number of ether oxygens (including phenoxy) is 4. The summed E-state index contributed by atoms with van der Waals surface area (Å²) in [5, 5.41) is 4.73. The van der Waals surface area contributed by atoms with Crippen LogP contribution in [0.4, 0.5) is 0 Å². The maximum absolute atomic E-state index is 12.7. The van der Waals surface area contributed by atoms with Crippen LogP contribution in [0.3, 0.4) is 0 Å². The summed E-state index contributed by atoms with van der Waals surface area (Å²) in [5.74, 6) is 1.64. The second kappa shape index (κ2) is 13.7. The lowest BCUT2D eigenvalue weighted by atomic mass is 10.2. The molecule has 0 saturated heterocycles. The highest BCUT2D eigenvalue weighted by molar-refractivity contribution is 9.10. The molecule has 200 valence electrons. The van der Waals surface area contributed by atoms with Crippen LogP contribution < -0.4 is 24.4 Å². The summed E-state index contributed by atoms with van der Waals surface area (Å²) in [5.41, 5.74) is 5.55. The molecule has 0 aliphatic heterocycles. The van der Waals surface area contributed by atoms with E-state index in [0.717, 1.165) is 11.1 Å². The number of amides is 1. The monoisotopic (exact) mass is 608 g/mol. The van der Waals surface area contributed by atoms with Gasteiger partial charge in [-0.2, -0.15) is 5.10 Å². The standard InChI is InChI=1S/C30H26BrClN2O5/c1-36-27-16-23(11-12-26(27)38-18-20-7-4-3-5-8-20)30(35)34-33-17-22-14-25(31)29(28(15-22)37-2)39-19-21-9-6-10-24(32)13-21/h3-17H,18-19H2,1-2H3,(H,34,35)/b33-17+. The van der Waals surface area contributed by atoms with E-state index in [1.807, 2.05) is 60.7 Å². The van der Waals surface area contributed by atoms with Crippen LogP contribution in [-0.4, -0.2) is 26.3 Å². The Kier molecular flexibility index (Phi) is 9.83. The van der Waals surface area contributed by atoms with E-state index in [1.165, 1.54) is 13.3 Å². The van der Waals surface area contributed by atoms with Crippen molar-refractivity contribution in [2.24, 2.45) is 5.10 Å². The largest absolute Gasteiger partial charge is 0.493 e. The number of halogens is 2. The molecular formula is C30H26BrClN2O5. The number of carbonyl (C=O) groups excluding carboxylic acids is 1. The minimum atomic E-state index is -0.397. The predicted molar refractivity (Wildman–Crippen MR) is 155 cm³/mol. The fourth-order valence-electron chi connectivity index (χ4n) is 3.63. The van der Waals surface area contributed by atoms with E-state index in [4.69, 9.17) is 30.5 Å². The first kappa shape index (κ1) is 28.0. The van der Waals surface area contributed by atoms with Gasteiger partial charge in [-0.05, 0) is 75.1 Å². The summed E-state index contributed by atoms with van der Waals surface area (Å²) in [6.45, 7) is 0.703. The minimum Gasteiger partial charge on any atom is -0.493 e. The van der Waals surface area contributed by atoms with Crippen molar-refractivity contribution in [1.82, 2.24) is 5.43 Å². The number of nitrogens with one attached hydrogen (secondary N) is 1. The molecule has 0 bridgehead atoms. The zero-order valence-corrected chi connectivity index (χ0v) is 23.7. The average Bonchev–Trinajstić information content (AvgIpc) is 2.95. The summed E-state index contributed by atoms with van der Waals surface area (Å²) in [6.07, 6.45) is 1.51. The molecule has 1 N–H and O–H groups in total. The number of hydrogen-bond donors (Lipinski definition) is 1. The van der Waals surface area contributed by atoms with Gasteiger partial charge < -0.3 is 18.9 Å². The molecule has 39 heavy (non-hydrogen) atoms. The van der Waals surface area contributed by atoms with E-state index in [0.29, 0.717) is 56.8 Å². The lowest BCUT2D eigenvalue weighted by Crippen LogP contribution is -2.17. The Bertz CT molecular complexity index is 1460. The number of rotatable bonds is 11. The quantitative estimate of drug-likeness (QED) is 0.146. The SMILES string of the molecule is COc1cc(C(=O)N/N=C/c2cc(Br)c(OCc3cccc(Cl)c3)c(OC)c2)ccc1OCc1ccccc1. The lowest BCUT2D eigenvalue weighted by Gasteiger charge is -2.13. The molecule has 0 fully saturated rings. The van der Waals surface area contributed by atoms with Crippen LogP contribution in [0.2, 0.25) is 5.02 Å². The number of nitrogens with zero attached hydrogens (tertiary/aromatic N) is 1. The van der Waals surface area contributed by atoms with Crippen LogP contribution in [0.1, 0.15) is 27.0 Å². The van der Waals surface area contributed by atoms with Gasteiger partial charge in [0.2, 0.25) is 0 Å². The van der Waals surface area contributed by atoms with Gasteiger partial charge in [-0.3, -0.25) is 4.79 Å². The molecule has 0 radical (unpaired) electrons. The van der Waals surface area contributed by atoms with Crippen molar-refractivity contribution < 1.29 is 23.7 Å². The van der Waals surface area contributed by atoms with Crippen LogP contribution >= 0.6 is 27.5 Å². The van der Waals surface area contributed by atoms with Gasteiger partial charge in [-0.25, -0.2) is 5.43 Å². The molecule has 0 aliphatic rings. The van der Waals surface area contributed by atoms with E-state index in [1.54, 1.807) is 31.4 Å². The Balaban J connectivity index is 1.39. The fourth-order valence-corrected chi connectivity index (χ4v) is 4.42. The first-order valence-electron chi connectivity index (χ1n) is 11.9. The topological polar surface area (TPSA) is 78.4 Å². The number of hydrazone groups is 1. The lowest BCUT2D eigenvalue weighted by molar-refractivity contribution is 0.0954. The Morgan fingerprint density at radius 1 is 0.846 bits per heavy atom. The molecule has 0 heterocycles. The Hall–Kier alpha value is -4.01. The van der Waals surface area contributed by atoms with Gasteiger partial charge in [-0.1, -0.05) is 54.1 Å². The molecular weight excluding hydrogens is 584 g/mol. The molecule has 4 rings (SSSR count). The van der Waals surface area contributed by atoms with Crippen molar-refractivity contribution in [2.75, 3.05) is 14.2 Å². The molecule has 0 aromatic heterocycles. The summed E-state index contributed by atoms with van der Waals surface area (Å²) in [6, 6.07) is 25.8. The van der Waals surface area contributed by atoms with Crippen LogP contribution in [0, 0.1) is 0 Å². The van der Waals surface area contributed by atoms with Gasteiger partial charge in [-0.15, -0.1) is 0 Å². The normalized spacial score (nSPS) is 10.8. The van der Waals surface area contributed by atoms with Gasteiger partial charge in [0, 0.05) is 10.6 Å². The minimum absolute atomic E-state index is 0.318. The second-order valence-corrected chi connectivity index (χ2v) is 9.58. The van der Waals surface area contributed by atoms with Gasteiger partial charge in [0.1, 0.15) is 13.2 Å². The van der Waals surface area contributed by atoms with E-state index in [2.05, 4.69) is 26.5 Å². The van der Waals surface area contributed by atoms with Crippen LogP contribution in [-0.2, 0) is 13.2 Å². The maximum atomic E-state index is 12.7. The van der Waals surface area contributed by atoms with E-state index < -0.39 is 5.91 Å². The molecule has 7 nitrogen and oxygen atoms in total. The summed E-state index contributed by atoms with van der Waals surface area (Å²) in [4.78, 5) is 12.7. The predicted octanol–water partition coefficient (Wildman–Crippen LogP) is 7.04. The molecule has 1 amide bonds. The highest BCUT2D eigenvalue weighted by atomic mass is 79.9. The zero-order chi connectivity index (χ0) is 27.6. The molecule has 9 heteroatoms. The zero-order valence-electron chi connectivity index (χ0n) is 21.3. The molecule has 0 atom stereocenters. The first-order valence-corrected chi connectivity index (χ1v) is 13.1. The summed E-state index contributed by atoms with van der Waals surface area (Å²) < 4.78 is 23.4. The maximum Gasteiger partial charge on any atom is 0.271 e. The summed E-state index contributed by atoms with van der Waals surface area (Å²) in [7, 11) is 3.08. The molecule has 0 spiro atoms. The van der Waals surface area contributed by atoms with Crippen molar-refractivity contribution in [2.45, 2.75) is 13.2 Å². The molecule has 0 unspecified atom stereocenters. The average molecular weight is 610 g/mol. The van der Waals surface area contributed by atoms with Gasteiger partial charge in [0.05, 0.1) is 24.9 Å². The van der Waals surface area contributed by atoms with Crippen molar-refractivity contribution in [3.63, 3.8) is 0 Å². The van der Waals surface area contributed by atoms with Crippen molar-refractivity contribution >= 4 is 39.7 Å². The van der Waals surface area contributed by atoms with Crippen LogP contribution in [0.15, 0.2) is 94.5 Å². The Morgan fingerprint density at radius 3 is 2.33 bits per heavy atom. The van der Waals surface area contributed by atoms with Crippen LogP contribution in [0.25, 0.3) is 0 Å². The van der Waals surface area contributed by atoms with E-state index in [9.17, 15) is 4.79 Å². The van der Waals surface area contributed by atoms with E-state index in [-0.39, 0.29) is 0 Å². The second-order valence-electron chi connectivity index (χ2n) is 8.29. The van der Waals surface area contributed by atoms with Gasteiger partial charge >= 0.3 is 0 Å². The van der Waals surface area contributed by atoms with Gasteiger partial charge in [0.25, 0.3) is 5.91 Å². The summed E-state index contributed by atoms with van der Waals surface area (Å²) >= 11 is 9.59. The van der Waals surface area contributed by atoms with Crippen molar-refractivity contribution in [1.29, 1.82) is 0 Å². The molecule has 0 aliphatic carbocycles. The highest BCUT2D eigenvalue weighted by Gasteiger charge is 2.13. The Labute approximate surface area is 240 Å². The fraction of sp³-hybridized carbons (Fsp3) is 0.133. The number of benzene rings is 4. The highest BCUT2D eigenvalue weighted by Crippen LogP contribution is 2.37. The number of methoxy groups -OCH3 is 2. The van der Waals surface area contributed by atoms with Crippen LogP contribution in [0.5, 0.6) is 23.0 Å². The molecule has 4 aromatic carbocycles. The smallest absolute Gasteiger partial charge is 0.271 e. The Morgan fingerprint density at radius 2 is 1.59 bits per heavy atom. The third-order valence-electron chi connectivity index (χ3n) is 5.57. The number of hydrogen-bond acceptors (Lipinski definition) is 6. The third kappa shape index (κ3) is 7.75. The van der Waals surface area contributed by atoms with Crippen molar-refractivity contribution in [3.05, 3.63) is 117 Å². The number of carbonyl (C=O) groups is 1. The molecule has 0 saturated carbocycles. The molecule has 4 aromatic rings. The van der Waals surface area contributed by atoms with Gasteiger partial charge in [0.15, 0.2) is 23.0 Å². The third-order valence-corrected chi connectivity index (χ3v) is 6.39. The van der Waals surface area contributed by atoms with Crippen molar-refractivity contribution in [3.8, 4) is 23.0 Å².